The van der Waals surface area contributed by atoms with Crippen LogP contribution in [0.15, 0.2) is 6.20 Å². The van der Waals surface area contributed by atoms with Crippen LogP contribution >= 0.6 is 0 Å². The summed E-state index contributed by atoms with van der Waals surface area (Å²) in [5.41, 5.74) is 2.33. The number of carbonyl (C=O) groups excluding carboxylic acids is 1. The highest BCUT2D eigenvalue weighted by atomic mass is 16.2. The van der Waals surface area contributed by atoms with Crippen LogP contribution in [-0.4, -0.2) is 52.4 Å². The predicted octanol–water partition coefficient (Wildman–Crippen LogP) is 3.14. The van der Waals surface area contributed by atoms with Crippen molar-refractivity contribution >= 4 is 5.91 Å². The number of carbonyl (C=O) groups is 1. The summed E-state index contributed by atoms with van der Waals surface area (Å²) in [6.07, 6.45) is 12.3. The van der Waals surface area contributed by atoms with Gasteiger partial charge in [0.2, 0.25) is 5.91 Å². The number of nitrogens with zero attached hydrogens (tertiary/aromatic N) is 4. The van der Waals surface area contributed by atoms with Crippen LogP contribution in [0.3, 0.4) is 0 Å². The molecule has 0 bridgehead atoms. The number of aromatic nitrogens is 2. The predicted molar refractivity (Wildman–Crippen MR) is 102 cm³/mol. The molecule has 142 valence electrons. The van der Waals surface area contributed by atoms with Gasteiger partial charge in [0.25, 0.3) is 0 Å². The van der Waals surface area contributed by atoms with Gasteiger partial charge in [-0.2, -0.15) is 0 Å². The van der Waals surface area contributed by atoms with Gasteiger partial charge in [-0.25, -0.2) is 9.97 Å². The highest BCUT2D eigenvalue weighted by Gasteiger charge is 2.27. The van der Waals surface area contributed by atoms with Crippen molar-refractivity contribution in [2.24, 2.45) is 5.92 Å². The third-order valence-electron chi connectivity index (χ3n) is 6.58. The quantitative estimate of drug-likeness (QED) is 0.835. The Labute approximate surface area is 157 Å². The smallest absolute Gasteiger partial charge is 0.223 e. The summed E-state index contributed by atoms with van der Waals surface area (Å²) >= 11 is 0. The molecule has 0 radical (unpaired) electrons. The van der Waals surface area contributed by atoms with Gasteiger partial charge >= 0.3 is 0 Å². The zero-order valence-electron chi connectivity index (χ0n) is 16.1. The van der Waals surface area contributed by atoms with Gasteiger partial charge < -0.3 is 9.80 Å². The number of likely N-dealkylation sites (tertiary alicyclic amines) is 1. The summed E-state index contributed by atoms with van der Waals surface area (Å²) in [5, 5.41) is 0. The van der Waals surface area contributed by atoms with Gasteiger partial charge in [0.15, 0.2) is 0 Å². The van der Waals surface area contributed by atoms with Gasteiger partial charge in [0.05, 0.1) is 5.69 Å². The zero-order chi connectivity index (χ0) is 17.9. The number of hydrogen-bond acceptors (Lipinski definition) is 4. The Hall–Kier alpha value is -1.49. The maximum atomic E-state index is 12.7. The molecular formula is C21H32N4O. The lowest BCUT2D eigenvalue weighted by atomic mass is 9.86. The van der Waals surface area contributed by atoms with Gasteiger partial charge in [-0.15, -0.1) is 0 Å². The maximum absolute atomic E-state index is 12.7. The number of rotatable bonds is 3. The van der Waals surface area contributed by atoms with Crippen LogP contribution in [0.5, 0.6) is 0 Å². The molecule has 3 heterocycles. The summed E-state index contributed by atoms with van der Waals surface area (Å²) in [7, 11) is 2.18. The molecular weight excluding hydrogens is 324 g/mol. The Bertz CT molecular complexity index is 633. The molecule has 4 rings (SSSR count). The van der Waals surface area contributed by atoms with Crippen molar-refractivity contribution in [3.63, 3.8) is 0 Å². The average molecular weight is 357 g/mol. The first-order chi connectivity index (χ1) is 12.7. The summed E-state index contributed by atoms with van der Waals surface area (Å²) in [6.45, 7) is 3.79. The van der Waals surface area contributed by atoms with Crippen molar-refractivity contribution in [3.05, 3.63) is 23.3 Å². The molecule has 1 saturated carbocycles. The summed E-state index contributed by atoms with van der Waals surface area (Å²) in [6, 6.07) is 0. The van der Waals surface area contributed by atoms with Crippen LogP contribution < -0.4 is 0 Å². The van der Waals surface area contributed by atoms with E-state index in [0.29, 0.717) is 24.3 Å². The monoisotopic (exact) mass is 356 g/mol. The van der Waals surface area contributed by atoms with E-state index in [2.05, 4.69) is 16.9 Å². The van der Waals surface area contributed by atoms with Crippen LogP contribution in [0.2, 0.25) is 0 Å². The fourth-order valence-electron chi connectivity index (χ4n) is 4.78. The highest BCUT2D eigenvalue weighted by molar-refractivity contribution is 5.76. The second-order valence-electron chi connectivity index (χ2n) is 8.55. The molecule has 0 atom stereocenters. The van der Waals surface area contributed by atoms with Gasteiger partial charge in [-0.05, 0) is 51.7 Å². The zero-order valence-corrected chi connectivity index (χ0v) is 16.1. The van der Waals surface area contributed by atoms with Crippen LogP contribution in [0.4, 0.5) is 0 Å². The van der Waals surface area contributed by atoms with Crippen LogP contribution in [0.25, 0.3) is 0 Å². The Morgan fingerprint density at radius 3 is 2.65 bits per heavy atom. The summed E-state index contributed by atoms with van der Waals surface area (Å²) < 4.78 is 0. The van der Waals surface area contributed by atoms with Gasteiger partial charge in [-0.3, -0.25) is 4.79 Å². The molecule has 0 unspecified atom stereocenters. The van der Waals surface area contributed by atoms with Crippen molar-refractivity contribution in [3.8, 4) is 0 Å². The van der Waals surface area contributed by atoms with Crippen LogP contribution in [0, 0.1) is 5.92 Å². The van der Waals surface area contributed by atoms with Crippen LogP contribution in [0.1, 0.15) is 74.4 Å². The second kappa shape index (κ2) is 8.03. The normalized spacial score (nSPS) is 23.0. The first kappa shape index (κ1) is 17.9. The first-order valence-corrected chi connectivity index (χ1v) is 10.5. The van der Waals surface area contributed by atoms with Crippen molar-refractivity contribution in [1.29, 1.82) is 0 Å². The van der Waals surface area contributed by atoms with E-state index in [9.17, 15) is 4.79 Å². The van der Waals surface area contributed by atoms with E-state index in [4.69, 9.17) is 4.98 Å². The van der Waals surface area contributed by atoms with Crippen LogP contribution in [-0.2, 0) is 17.8 Å². The molecule has 5 nitrogen and oxygen atoms in total. The molecule has 0 spiro atoms. The largest absolute Gasteiger partial charge is 0.338 e. The lowest BCUT2D eigenvalue weighted by Crippen LogP contribution is -2.38. The van der Waals surface area contributed by atoms with E-state index >= 15 is 0 Å². The fraction of sp³-hybridized carbons (Fsp3) is 0.762. The van der Waals surface area contributed by atoms with Gasteiger partial charge in [-0.1, -0.05) is 19.3 Å². The molecule has 1 saturated heterocycles. The standard InChI is InChI=1S/C21H32N4O/c1-24-10-7-17(8-11-24)21-22-14-18-15-25(12-9-19(18)23-21)20(26)13-16-5-3-2-4-6-16/h14,16-17H,2-13,15H2,1H3. The maximum Gasteiger partial charge on any atom is 0.223 e. The Kier molecular flexibility index (Phi) is 5.53. The van der Waals surface area contributed by atoms with Crippen molar-refractivity contribution in [2.75, 3.05) is 26.7 Å². The van der Waals surface area contributed by atoms with E-state index in [-0.39, 0.29) is 0 Å². The Morgan fingerprint density at radius 2 is 1.88 bits per heavy atom. The number of piperidine rings is 1. The third-order valence-corrected chi connectivity index (χ3v) is 6.58. The topological polar surface area (TPSA) is 49.3 Å². The molecule has 0 aromatic carbocycles. The Morgan fingerprint density at radius 1 is 1.12 bits per heavy atom. The SMILES string of the molecule is CN1CCC(c2ncc3c(n2)CCN(C(=O)CC2CCCCC2)C3)CC1. The minimum absolute atomic E-state index is 0.335. The molecule has 26 heavy (non-hydrogen) atoms. The number of amides is 1. The molecule has 2 aliphatic heterocycles. The summed E-state index contributed by atoms with van der Waals surface area (Å²) in [4.78, 5) is 26.7. The lowest BCUT2D eigenvalue weighted by Gasteiger charge is -2.31. The molecule has 3 aliphatic rings. The van der Waals surface area contributed by atoms with Gasteiger partial charge in [0, 0.05) is 43.6 Å². The van der Waals surface area contributed by atoms with Crippen molar-refractivity contribution in [2.45, 2.75) is 70.3 Å². The number of fused-ring (bicyclic) bond motifs is 1. The molecule has 1 aromatic rings. The molecule has 1 amide bonds. The van der Waals surface area contributed by atoms with E-state index < -0.39 is 0 Å². The second-order valence-corrected chi connectivity index (χ2v) is 8.55. The van der Waals surface area contributed by atoms with Crippen molar-refractivity contribution < 1.29 is 4.79 Å². The third kappa shape index (κ3) is 4.08. The number of hydrogen-bond donors (Lipinski definition) is 0. The van der Waals surface area contributed by atoms with E-state index in [1.54, 1.807) is 0 Å². The van der Waals surface area contributed by atoms with Gasteiger partial charge in [0.1, 0.15) is 5.82 Å². The minimum atomic E-state index is 0.335. The Balaban J connectivity index is 1.37. The molecule has 5 heteroatoms. The lowest BCUT2D eigenvalue weighted by molar-refractivity contribution is -0.133. The molecule has 1 aliphatic carbocycles. The molecule has 2 fully saturated rings. The molecule has 1 aromatic heterocycles. The summed E-state index contributed by atoms with van der Waals surface area (Å²) in [5.74, 6) is 2.48. The average Bonchev–Trinajstić information content (AvgIpc) is 2.68. The van der Waals surface area contributed by atoms with Crippen molar-refractivity contribution in [1.82, 2.24) is 19.8 Å². The highest BCUT2D eigenvalue weighted by Crippen LogP contribution is 2.29. The van der Waals surface area contributed by atoms with E-state index in [0.717, 1.165) is 56.7 Å². The fourth-order valence-corrected chi connectivity index (χ4v) is 4.78. The first-order valence-electron chi connectivity index (χ1n) is 10.5. The molecule has 0 N–H and O–H groups in total. The van der Waals surface area contributed by atoms with E-state index in [1.807, 2.05) is 11.1 Å². The minimum Gasteiger partial charge on any atom is -0.338 e. The van der Waals surface area contributed by atoms with E-state index in [1.165, 1.54) is 37.8 Å².